The summed E-state index contributed by atoms with van der Waals surface area (Å²) in [6.45, 7) is 6.08. The van der Waals surface area contributed by atoms with Gasteiger partial charge in [0.25, 0.3) is 0 Å². The molecular weight excluding hydrogens is 288 g/mol. The van der Waals surface area contributed by atoms with Crippen LogP contribution in [0.1, 0.15) is 43.9 Å². The number of piperidine rings is 1. The fraction of sp³-hybridized carbons (Fsp3) is 0.526. The van der Waals surface area contributed by atoms with Crippen LogP contribution in [0, 0.1) is 6.92 Å². The van der Waals surface area contributed by atoms with Crippen LogP contribution in [0.15, 0.2) is 23.0 Å². The maximum absolute atomic E-state index is 13.0. The molecule has 0 spiro atoms. The van der Waals surface area contributed by atoms with Gasteiger partial charge in [0.1, 0.15) is 5.75 Å². The monoisotopic (exact) mass is 314 g/mol. The highest BCUT2D eigenvalue weighted by Crippen LogP contribution is 2.23. The molecule has 0 radical (unpaired) electrons. The largest absolute Gasteiger partial charge is 0.497 e. The van der Waals surface area contributed by atoms with E-state index in [2.05, 4.69) is 16.8 Å². The molecule has 0 amide bonds. The number of aryl methyl sites for hydroxylation is 1. The highest BCUT2D eigenvalue weighted by molar-refractivity contribution is 5.81. The SMILES string of the molecule is CC[C@@H]1CCCCN1Cc1c(C)[nH]c2ccc(OC)cc2c1=O. The summed E-state index contributed by atoms with van der Waals surface area (Å²) < 4.78 is 5.27. The van der Waals surface area contributed by atoms with E-state index in [1.807, 2.05) is 25.1 Å². The highest BCUT2D eigenvalue weighted by Gasteiger charge is 2.23. The summed E-state index contributed by atoms with van der Waals surface area (Å²) in [6.07, 6.45) is 4.93. The normalized spacial score (nSPS) is 19.2. The van der Waals surface area contributed by atoms with Gasteiger partial charge in [0.05, 0.1) is 7.11 Å². The Hall–Kier alpha value is -1.81. The molecule has 4 nitrogen and oxygen atoms in total. The van der Waals surface area contributed by atoms with Gasteiger partial charge in [0.2, 0.25) is 0 Å². The van der Waals surface area contributed by atoms with Gasteiger partial charge in [-0.05, 0) is 50.9 Å². The van der Waals surface area contributed by atoms with E-state index in [1.54, 1.807) is 7.11 Å². The second-order valence-corrected chi connectivity index (χ2v) is 6.50. The highest BCUT2D eigenvalue weighted by atomic mass is 16.5. The predicted octanol–water partition coefficient (Wildman–Crippen LogP) is 3.61. The number of hydrogen-bond donors (Lipinski definition) is 1. The van der Waals surface area contributed by atoms with Crippen LogP contribution in [0.25, 0.3) is 10.9 Å². The van der Waals surface area contributed by atoms with Gasteiger partial charge in [0, 0.05) is 34.7 Å². The number of H-pyrrole nitrogens is 1. The van der Waals surface area contributed by atoms with E-state index < -0.39 is 0 Å². The number of nitrogens with zero attached hydrogens (tertiary/aromatic N) is 1. The van der Waals surface area contributed by atoms with E-state index in [0.717, 1.165) is 47.4 Å². The lowest BCUT2D eigenvalue weighted by Gasteiger charge is -2.35. The molecule has 1 aromatic heterocycles. The molecule has 0 unspecified atom stereocenters. The van der Waals surface area contributed by atoms with Crippen molar-refractivity contribution in [2.45, 2.75) is 52.1 Å². The van der Waals surface area contributed by atoms with Crippen molar-refractivity contribution in [3.05, 3.63) is 39.7 Å². The Morgan fingerprint density at radius 3 is 2.91 bits per heavy atom. The van der Waals surface area contributed by atoms with E-state index in [-0.39, 0.29) is 5.43 Å². The fourth-order valence-electron chi connectivity index (χ4n) is 3.68. The van der Waals surface area contributed by atoms with Crippen molar-refractivity contribution in [1.29, 1.82) is 0 Å². The second kappa shape index (κ2) is 6.75. The lowest BCUT2D eigenvalue weighted by molar-refractivity contribution is 0.135. The van der Waals surface area contributed by atoms with Gasteiger partial charge in [-0.15, -0.1) is 0 Å². The van der Waals surface area contributed by atoms with Gasteiger partial charge in [-0.1, -0.05) is 13.3 Å². The Labute approximate surface area is 137 Å². The summed E-state index contributed by atoms with van der Waals surface area (Å²) in [4.78, 5) is 18.9. The zero-order valence-electron chi connectivity index (χ0n) is 14.3. The quantitative estimate of drug-likeness (QED) is 0.937. The molecule has 124 valence electrons. The molecule has 2 heterocycles. The minimum Gasteiger partial charge on any atom is -0.497 e. The number of likely N-dealkylation sites (tertiary alicyclic amines) is 1. The van der Waals surface area contributed by atoms with Crippen molar-refractivity contribution in [3.63, 3.8) is 0 Å². The molecule has 1 fully saturated rings. The Kier molecular flexibility index (Phi) is 4.71. The average molecular weight is 314 g/mol. The molecule has 3 rings (SSSR count). The molecule has 4 heteroatoms. The van der Waals surface area contributed by atoms with E-state index >= 15 is 0 Å². The van der Waals surface area contributed by atoms with Crippen LogP contribution >= 0.6 is 0 Å². The van der Waals surface area contributed by atoms with Crippen molar-refractivity contribution >= 4 is 10.9 Å². The maximum atomic E-state index is 13.0. The number of aromatic amines is 1. The molecular formula is C19H26N2O2. The first-order valence-corrected chi connectivity index (χ1v) is 8.57. The Balaban J connectivity index is 2.01. The standard InChI is InChI=1S/C19H26N2O2/c1-4-14-7-5-6-10-21(14)12-17-13(2)20-18-9-8-15(23-3)11-16(18)19(17)22/h8-9,11,14H,4-7,10,12H2,1-3H3,(H,20,22)/t14-/m1/s1. The van der Waals surface area contributed by atoms with Crippen molar-refractivity contribution < 1.29 is 4.74 Å². The van der Waals surface area contributed by atoms with Crippen molar-refractivity contribution in [2.24, 2.45) is 0 Å². The number of aromatic nitrogens is 1. The maximum Gasteiger partial charge on any atom is 0.194 e. The van der Waals surface area contributed by atoms with Crippen LogP contribution < -0.4 is 10.2 Å². The number of hydrogen-bond acceptors (Lipinski definition) is 3. The third-order valence-corrected chi connectivity index (χ3v) is 5.10. The minimum absolute atomic E-state index is 0.135. The number of ether oxygens (including phenoxy) is 1. The summed E-state index contributed by atoms with van der Waals surface area (Å²) >= 11 is 0. The van der Waals surface area contributed by atoms with E-state index in [9.17, 15) is 4.79 Å². The molecule has 1 aliphatic rings. The van der Waals surface area contributed by atoms with Crippen LogP contribution in [0.2, 0.25) is 0 Å². The molecule has 23 heavy (non-hydrogen) atoms. The lowest BCUT2D eigenvalue weighted by Crippen LogP contribution is -2.39. The summed E-state index contributed by atoms with van der Waals surface area (Å²) in [6, 6.07) is 6.24. The van der Waals surface area contributed by atoms with Gasteiger partial charge in [0.15, 0.2) is 5.43 Å². The summed E-state index contributed by atoms with van der Waals surface area (Å²) in [5.74, 6) is 0.724. The molecule has 1 N–H and O–H groups in total. The van der Waals surface area contributed by atoms with E-state index in [4.69, 9.17) is 4.74 Å². The van der Waals surface area contributed by atoms with Crippen LogP contribution in [-0.2, 0) is 6.54 Å². The first-order chi connectivity index (χ1) is 11.1. The first kappa shape index (κ1) is 16.1. The Bertz CT molecular complexity index is 751. The second-order valence-electron chi connectivity index (χ2n) is 6.50. The molecule has 1 atom stereocenters. The van der Waals surface area contributed by atoms with Crippen molar-refractivity contribution in [3.8, 4) is 5.75 Å². The summed E-state index contributed by atoms with van der Waals surface area (Å²) in [7, 11) is 1.63. The van der Waals surface area contributed by atoms with Crippen molar-refractivity contribution in [2.75, 3.05) is 13.7 Å². The third kappa shape index (κ3) is 3.13. The number of methoxy groups -OCH3 is 1. The average Bonchev–Trinajstić information content (AvgIpc) is 2.58. The molecule has 1 aliphatic heterocycles. The fourth-order valence-corrected chi connectivity index (χ4v) is 3.68. The molecule has 2 aromatic rings. The third-order valence-electron chi connectivity index (χ3n) is 5.10. The zero-order chi connectivity index (χ0) is 16.4. The number of nitrogens with one attached hydrogen (secondary N) is 1. The molecule has 1 saturated heterocycles. The Morgan fingerprint density at radius 1 is 1.35 bits per heavy atom. The van der Waals surface area contributed by atoms with Gasteiger partial charge < -0.3 is 9.72 Å². The topological polar surface area (TPSA) is 45.3 Å². The van der Waals surface area contributed by atoms with Gasteiger partial charge in [-0.3, -0.25) is 9.69 Å². The van der Waals surface area contributed by atoms with E-state index in [1.165, 1.54) is 19.3 Å². The molecule has 0 aliphatic carbocycles. The molecule has 0 saturated carbocycles. The molecule has 0 bridgehead atoms. The van der Waals surface area contributed by atoms with Gasteiger partial charge >= 0.3 is 0 Å². The smallest absolute Gasteiger partial charge is 0.194 e. The minimum atomic E-state index is 0.135. The van der Waals surface area contributed by atoms with E-state index in [0.29, 0.717) is 6.04 Å². The Morgan fingerprint density at radius 2 is 2.17 bits per heavy atom. The zero-order valence-corrected chi connectivity index (χ0v) is 14.3. The number of pyridine rings is 1. The first-order valence-electron chi connectivity index (χ1n) is 8.57. The van der Waals surface area contributed by atoms with Crippen LogP contribution in [0.5, 0.6) is 5.75 Å². The lowest BCUT2D eigenvalue weighted by atomic mass is 9.98. The number of fused-ring (bicyclic) bond motifs is 1. The van der Waals surface area contributed by atoms with Crippen LogP contribution in [0.4, 0.5) is 0 Å². The molecule has 1 aromatic carbocycles. The summed E-state index contributed by atoms with van der Waals surface area (Å²) in [5.41, 5.74) is 2.89. The predicted molar refractivity (Wildman–Crippen MR) is 94.2 cm³/mol. The van der Waals surface area contributed by atoms with Crippen molar-refractivity contribution in [1.82, 2.24) is 9.88 Å². The number of rotatable bonds is 4. The van der Waals surface area contributed by atoms with Gasteiger partial charge in [-0.25, -0.2) is 0 Å². The summed E-state index contributed by atoms with van der Waals surface area (Å²) in [5, 5.41) is 0.718. The number of benzene rings is 1. The van der Waals surface area contributed by atoms with Gasteiger partial charge in [-0.2, -0.15) is 0 Å². The van der Waals surface area contributed by atoms with Crippen LogP contribution in [0.3, 0.4) is 0 Å². The van der Waals surface area contributed by atoms with Crippen LogP contribution in [-0.4, -0.2) is 29.6 Å².